The highest BCUT2D eigenvalue weighted by molar-refractivity contribution is 7.89. The molecule has 0 aliphatic carbocycles. The van der Waals surface area contributed by atoms with Crippen molar-refractivity contribution >= 4 is 15.7 Å². The third-order valence-electron chi connectivity index (χ3n) is 3.56. The van der Waals surface area contributed by atoms with E-state index in [1.165, 1.54) is 7.05 Å². The van der Waals surface area contributed by atoms with Gasteiger partial charge in [0.1, 0.15) is 0 Å². The van der Waals surface area contributed by atoms with E-state index in [1.54, 1.807) is 12.1 Å². The van der Waals surface area contributed by atoms with Gasteiger partial charge in [-0.3, -0.25) is 0 Å². The fourth-order valence-electron chi connectivity index (χ4n) is 2.40. The second-order valence-corrected chi connectivity index (χ2v) is 6.72. The summed E-state index contributed by atoms with van der Waals surface area (Å²) in [6, 6.07) is 6.88. The van der Waals surface area contributed by atoms with E-state index >= 15 is 0 Å². The van der Waals surface area contributed by atoms with E-state index in [0.717, 1.165) is 31.6 Å². The summed E-state index contributed by atoms with van der Waals surface area (Å²) < 4.78 is 25.6. The van der Waals surface area contributed by atoms with Crippen LogP contribution in [0.25, 0.3) is 0 Å². The minimum Gasteiger partial charge on any atom is -0.396 e. The minimum atomic E-state index is -3.37. The fraction of sp³-hybridized carbons (Fsp3) is 0.538. The lowest BCUT2D eigenvalue weighted by Gasteiger charge is -2.33. The normalized spacial score (nSPS) is 20.5. The maximum absolute atomic E-state index is 11.6. The Morgan fingerprint density at radius 3 is 2.63 bits per heavy atom. The molecular formula is C13H20N2O3S. The Kier molecular flexibility index (Phi) is 4.44. The molecule has 6 heteroatoms. The summed E-state index contributed by atoms with van der Waals surface area (Å²) in [5.74, 6) is 0.314. The highest BCUT2D eigenvalue weighted by Crippen LogP contribution is 2.24. The van der Waals surface area contributed by atoms with Crippen LogP contribution in [0.5, 0.6) is 0 Å². The van der Waals surface area contributed by atoms with Gasteiger partial charge >= 0.3 is 0 Å². The average Bonchev–Trinajstić information content (AvgIpc) is 2.47. The van der Waals surface area contributed by atoms with Gasteiger partial charge in [0, 0.05) is 25.4 Å². The first-order valence-corrected chi connectivity index (χ1v) is 7.94. The maximum atomic E-state index is 11.6. The SMILES string of the molecule is CNS(=O)(=O)c1ccc(N2CCCC(CO)C2)cc1. The molecule has 1 atom stereocenters. The van der Waals surface area contributed by atoms with Crippen LogP contribution >= 0.6 is 0 Å². The van der Waals surface area contributed by atoms with Crippen LogP contribution in [0.1, 0.15) is 12.8 Å². The number of hydrogen-bond donors (Lipinski definition) is 2. The summed E-state index contributed by atoms with van der Waals surface area (Å²) in [6.45, 7) is 1.99. The van der Waals surface area contributed by atoms with Crippen molar-refractivity contribution < 1.29 is 13.5 Å². The Hall–Kier alpha value is -1.11. The molecule has 1 unspecified atom stereocenters. The molecule has 0 amide bonds. The van der Waals surface area contributed by atoms with Crippen molar-refractivity contribution in [2.45, 2.75) is 17.7 Å². The lowest BCUT2D eigenvalue weighted by molar-refractivity contribution is 0.209. The number of rotatable bonds is 4. The standard InChI is InChI=1S/C13H20N2O3S/c1-14-19(17,18)13-6-4-12(5-7-13)15-8-2-3-11(9-15)10-16/h4-7,11,14,16H,2-3,8-10H2,1H3. The number of aliphatic hydroxyl groups excluding tert-OH is 1. The molecule has 1 aliphatic rings. The van der Waals surface area contributed by atoms with Crippen molar-refractivity contribution in [1.82, 2.24) is 4.72 Å². The van der Waals surface area contributed by atoms with E-state index in [2.05, 4.69) is 9.62 Å². The molecule has 1 aromatic carbocycles. The third kappa shape index (κ3) is 3.26. The van der Waals surface area contributed by atoms with Gasteiger partial charge in [0.15, 0.2) is 0 Å². The van der Waals surface area contributed by atoms with Crippen molar-refractivity contribution in [2.24, 2.45) is 5.92 Å². The summed E-state index contributed by atoms with van der Waals surface area (Å²) in [6.07, 6.45) is 2.11. The predicted molar refractivity (Wildman–Crippen MR) is 74.7 cm³/mol. The lowest BCUT2D eigenvalue weighted by Crippen LogP contribution is -2.36. The molecule has 0 saturated carbocycles. The highest BCUT2D eigenvalue weighted by Gasteiger charge is 2.20. The van der Waals surface area contributed by atoms with E-state index in [4.69, 9.17) is 0 Å². The molecule has 106 valence electrons. The third-order valence-corrected chi connectivity index (χ3v) is 4.99. The van der Waals surface area contributed by atoms with Gasteiger partial charge in [0.2, 0.25) is 10.0 Å². The van der Waals surface area contributed by atoms with E-state index in [9.17, 15) is 13.5 Å². The quantitative estimate of drug-likeness (QED) is 0.858. The summed E-state index contributed by atoms with van der Waals surface area (Å²) >= 11 is 0. The first kappa shape index (κ1) is 14.3. The molecule has 0 bridgehead atoms. The molecule has 1 fully saturated rings. The predicted octanol–water partition coefficient (Wildman–Crippen LogP) is 0.803. The second-order valence-electron chi connectivity index (χ2n) is 4.84. The molecule has 2 N–H and O–H groups in total. The van der Waals surface area contributed by atoms with Gasteiger partial charge in [0.05, 0.1) is 4.90 Å². The van der Waals surface area contributed by atoms with Crippen LogP contribution in [0, 0.1) is 5.92 Å². The fourth-order valence-corrected chi connectivity index (χ4v) is 3.13. The Bertz CT molecular complexity index is 513. The maximum Gasteiger partial charge on any atom is 0.240 e. The molecule has 19 heavy (non-hydrogen) atoms. The van der Waals surface area contributed by atoms with Crippen LogP contribution < -0.4 is 9.62 Å². The molecule has 0 spiro atoms. The van der Waals surface area contributed by atoms with Gasteiger partial charge in [-0.1, -0.05) is 0 Å². The van der Waals surface area contributed by atoms with Gasteiger partial charge in [-0.05, 0) is 50.1 Å². The molecule has 0 aromatic heterocycles. The van der Waals surface area contributed by atoms with E-state index in [0.29, 0.717) is 5.92 Å². The van der Waals surface area contributed by atoms with Crippen molar-refractivity contribution in [2.75, 3.05) is 31.6 Å². The molecule has 1 aliphatic heterocycles. The number of anilines is 1. The number of nitrogens with one attached hydrogen (secondary N) is 1. The summed E-state index contributed by atoms with van der Waals surface area (Å²) in [7, 11) is -1.97. The second kappa shape index (κ2) is 5.90. The van der Waals surface area contributed by atoms with Gasteiger partial charge < -0.3 is 10.0 Å². The lowest BCUT2D eigenvalue weighted by atomic mass is 9.98. The molecule has 0 radical (unpaired) electrons. The summed E-state index contributed by atoms with van der Waals surface area (Å²) in [4.78, 5) is 2.47. The largest absolute Gasteiger partial charge is 0.396 e. The van der Waals surface area contributed by atoms with Crippen LogP contribution in [-0.2, 0) is 10.0 Å². The summed E-state index contributed by atoms with van der Waals surface area (Å²) in [5.41, 5.74) is 1.01. The molecule has 5 nitrogen and oxygen atoms in total. The topological polar surface area (TPSA) is 69.6 Å². The van der Waals surface area contributed by atoms with Gasteiger partial charge in [-0.15, -0.1) is 0 Å². The molecule has 2 rings (SSSR count). The van der Waals surface area contributed by atoms with Gasteiger partial charge in [-0.25, -0.2) is 13.1 Å². The van der Waals surface area contributed by atoms with Crippen LogP contribution in [0.4, 0.5) is 5.69 Å². The zero-order valence-electron chi connectivity index (χ0n) is 11.0. The van der Waals surface area contributed by atoms with Crippen molar-refractivity contribution in [3.8, 4) is 0 Å². The van der Waals surface area contributed by atoms with Crippen molar-refractivity contribution in [1.29, 1.82) is 0 Å². The number of piperidine rings is 1. The van der Waals surface area contributed by atoms with Gasteiger partial charge in [0.25, 0.3) is 0 Å². The van der Waals surface area contributed by atoms with E-state index < -0.39 is 10.0 Å². The number of hydrogen-bond acceptors (Lipinski definition) is 4. The zero-order chi connectivity index (χ0) is 13.9. The van der Waals surface area contributed by atoms with Crippen LogP contribution in [0.15, 0.2) is 29.2 Å². The first-order chi connectivity index (χ1) is 9.06. The van der Waals surface area contributed by atoms with Gasteiger partial charge in [-0.2, -0.15) is 0 Å². The Balaban J connectivity index is 2.14. The van der Waals surface area contributed by atoms with Crippen LogP contribution in [0.2, 0.25) is 0 Å². The number of benzene rings is 1. The molecule has 1 aromatic rings. The van der Waals surface area contributed by atoms with Crippen LogP contribution in [-0.4, -0.2) is 40.3 Å². The number of nitrogens with zero attached hydrogens (tertiary/aromatic N) is 1. The molecular weight excluding hydrogens is 264 g/mol. The summed E-state index contributed by atoms with van der Waals surface area (Å²) in [5, 5.41) is 9.22. The Morgan fingerprint density at radius 2 is 2.05 bits per heavy atom. The Labute approximate surface area is 114 Å². The van der Waals surface area contributed by atoms with Crippen molar-refractivity contribution in [3.63, 3.8) is 0 Å². The van der Waals surface area contributed by atoms with Crippen LogP contribution in [0.3, 0.4) is 0 Å². The highest BCUT2D eigenvalue weighted by atomic mass is 32.2. The average molecular weight is 284 g/mol. The number of aliphatic hydroxyl groups is 1. The van der Waals surface area contributed by atoms with E-state index in [1.807, 2.05) is 12.1 Å². The smallest absolute Gasteiger partial charge is 0.240 e. The van der Waals surface area contributed by atoms with Crippen molar-refractivity contribution in [3.05, 3.63) is 24.3 Å². The van der Waals surface area contributed by atoms with E-state index in [-0.39, 0.29) is 11.5 Å². The monoisotopic (exact) mass is 284 g/mol. The Morgan fingerprint density at radius 1 is 1.37 bits per heavy atom. The zero-order valence-corrected chi connectivity index (χ0v) is 11.9. The molecule has 1 saturated heterocycles. The number of sulfonamides is 1. The molecule has 1 heterocycles. The minimum absolute atomic E-state index is 0.211. The first-order valence-electron chi connectivity index (χ1n) is 6.46.